The maximum absolute atomic E-state index is 11.6. The van der Waals surface area contributed by atoms with Crippen LogP contribution >= 0.6 is 23.4 Å². The summed E-state index contributed by atoms with van der Waals surface area (Å²) in [5, 5.41) is 5.25. The van der Waals surface area contributed by atoms with E-state index in [2.05, 4.69) is 10.1 Å². The Morgan fingerprint density at radius 2 is 2.00 bits per heavy atom. The van der Waals surface area contributed by atoms with E-state index in [0.717, 1.165) is 0 Å². The van der Waals surface area contributed by atoms with E-state index in [-0.39, 0.29) is 0 Å². The lowest BCUT2D eigenvalue weighted by Crippen LogP contribution is -2.23. The van der Waals surface area contributed by atoms with Crippen LogP contribution in [-0.4, -0.2) is 21.0 Å². The minimum Gasteiger partial charge on any atom is -0.244 e. The van der Waals surface area contributed by atoms with E-state index in [1.165, 1.54) is 16.4 Å². The van der Waals surface area contributed by atoms with E-state index < -0.39 is 5.69 Å². The zero-order valence-corrected chi connectivity index (χ0v) is 10.00. The third-order valence-electron chi connectivity index (χ3n) is 1.95. The molecule has 0 amide bonds. The lowest BCUT2D eigenvalue weighted by atomic mass is 10.3. The highest BCUT2D eigenvalue weighted by atomic mass is 35.5. The van der Waals surface area contributed by atoms with Gasteiger partial charge in [-0.25, -0.2) is 4.79 Å². The second kappa shape index (κ2) is 4.67. The van der Waals surface area contributed by atoms with Crippen molar-refractivity contribution >= 4 is 23.4 Å². The van der Waals surface area contributed by atoms with Gasteiger partial charge in [0.1, 0.15) is 5.03 Å². The average Bonchev–Trinajstić information content (AvgIpc) is 2.30. The minimum absolute atomic E-state index is 0.394. The predicted octanol–water partition coefficient (Wildman–Crippen LogP) is 2.00. The number of nitrogens with zero attached hydrogens (tertiary/aromatic N) is 3. The standard InChI is InChI=1S/C10H8ClN3OS/c1-16-9-6-12-14(10(15)13-9)8-4-2-7(11)3-5-8/h2-6H,1H3. The van der Waals surface area contributed by atoms with Gasteiger partial charge in [0.05, 0.1) is 11.9 Å². The number of rotatable bonds is 2. The van der Waals surface area contributed by atoms with Crippen molar-refractivity contribution in [3.63, 3.8) is 0 Å². The maximum Gasteiger partial charge on any atom is 0.369 e. The highest BCUT2D eigenvalue weighted by Gasteiger charge is 2.03. The molecule has 16 heavy (non-hydrogen) atoms. The molecule has 1 aromatic heterocycles. The first-order chi connectivity index (χ1) is 7.70. The minimum atomic E-state index is -0.394. The number of hydrogen-bond donors (Lipinski definition) is 0. The van der Waals surface area contributed by atoms with Crippen LogP contribution in [0.25, 0.3) is 5.69 Å². The van der Waals surface area contributed by atoms with Gasteiger partial charge >= 0.3 is 5.69 Å². The van der Waals surface area contributed by atoms with E-state index in [9.17, 15) is 4.79 Å². The van der Waals surface area contributed by atoms with E-state index in [0.29, 0.717) is 15.7 Å². The third-order valence-corrected chi connectivity index (χ3v) is 2.82. The molecule has 0 aliphatic heterocycles. The summed E-state index contributed by atoms with van der Waals surface area (Å²) in [6, 6.07) is 6.84. The fourth-order valence-electron chi connectivity index (χ4n) is 1.18. The van der Waals surface area contributed by atoms with Crippen molar-refractivity contribution in [2.75, 3.05) is 6.26 Å². The van der Waals surface area contributed by atoms with Crippen molar-refractivity contribution < 1.29 is 0 Å². The molecular formula is C10H8ClN3OS. The fraction of sp³-hybridized carbons (Fsp3) is 0.100. The SMILES string of the molecule is CSc1cnn(-c2ccc(Cl)cc2)c(=O)n1. The van der Waals surface area contributed by atoms with Gasteiger partial charge in [0.15, 0.2) is 0 Å². The lowest BCUT2D eigenvalue weighted by Gasteiger charge is -2.03. The van der Waals surface area contributed by atoms with Crippen LogP contribution in [-0.2, 0) is 0 Å². The molecule has 82 valence electrons. The number of benzene rings is 1. The molecule has 0 bridgehead atoms. The molecule has 0 spiro atoms. The van der Waals surface area contributed by atoms with Gasteiger partial charge in [-0.3, -0.25) is 0 Å². The summed E-state index contributed by atoms with van der Waals surface area (Å²) in [6.07, 6.45) is 3.40. The van der Waals surface area contributed by atoms with Crippen LogP contribution in [0, 0.1) is 0 Å². The van der Waals surface area contributed by atoms with E-state index in [4.69, 9.17) is 11.6 Å². The summed E-state index contributed by atoms with van der Waals surface area (Å²) in [5.41, 5.74) is 0.253. The summed E-state index contributed by atoms with van der Waals surface area (Å²) in [6.45, 7) is 0. The number of hydrogen-bond acceptors (Lipinski definition) is 4. The van der Waals surface area contributed by atoms with Crippen molar-refractivity contribution in [3.8, 4) is 5.69 Å². The highest BCUT2D eigenvalue weighted by molar-refractivity contribution is 7.98. The van der Waals surface area contributed by atoms with Crippen LogP contribution in [0.1, 0.15) is 0 Å². The molecule has 0 aliphatic carbocycles. The summed E-state index contributed by atoms with van der Waals surface area (Å²) < 4.78 is 1.23. The second-order valence-corrected chi connectivity index (χ2v) is 4.23. The number of aromatic nitrogens is 3. The van der Waals surface area contributed by atoms with Crippen molar-refractivity contribution in [2.24, 2.45) is 0 Å². The highest BCUT2D eigenvalue weighted by Crippen LogP contribution is 2.11. The van der Waals surface area contributed by atoms with Gasteiger partial charge < -0.3 is 0 Å². The first-order valence-electron chi connectivity index (χ1n) is 4.47. The van der Waals surface area contributed by atoms with Crippen LogP contribution in [0.2, 0.25) is 5.02 Å². The fourth-order valence-corrected chi connectivity index (χ4v) is 1.63. The second-order valence-electron chi connectivity index (χ2n) is 2.97. The molecule has 1 aromatic carbocycles. The molecule has 0 radical (unpaired) electrons. The molecule has 0 saturated carbocycles. The van der Waals surface area contributed by atoms with Gasteiger partial charge in [-0.15, -0.1) is 11.8 Å². The summed E-state index contributed by atoms with van der Waals surface area (Å²) in [5.74, 6) is 0. The summed E-state index contributed by atoms with van der Waals surface area (Å²) in [7, 11) is 0. The molecular weight excluding hydrogens is 246 g/mol. The summed E-state index contributed by atoms with van der Waals surface area (Å²) >= 11 is 7.14. The Bertz CT molecular complexity index is 553. The molecule has 1 heterocycles. The van der Waals surface area contributed by atoms with Gasteiger partial charge in [-0.1, -0.05) is 11.6 Å². The molecule has 4 nitrogen and oxygen atoms in total. The number of thioether (sulfide) groups is 1. The first-order valence-corrected chi connectivity index (χ1v) is 6.07. The lowest BCUT2D eigenvalue weighted by molar-refractivity contribution is 0.730. The quantitative estimate of drug-likeness (QED) is 0.768. The van der Waals surface area contributed by atoms with Gasteiger partial charge in [0.2, 0.25) is 0 Å². The topological polar surface area (TPSA) is 47.8 Å². The molecule has 2 aromatic rings. The van der Waals surface area contributed by atoms with E-state index in [1.807, 2.05) is 6.26 Å². The smallest absolute Gasteiger partial charge is 0.244 e. The zero-order chi connectivity index (χ0) is 11.5. The summed E-state index contributed by atoms with van der Waals surface area (Å²) in [4.78, 5) is 15.5. The molecule has 0 N–H and O–H groups in total. The van der Waals surface area contributed by atoms with Gasteiger partial charge in [-0.05, 0) is 30.5 Å². The molecule has 6 heteroatoms. The van der Waals surface area contributed by atoms with E-state index in [1.54, 1.807) is 30.5 Å². The molecule has 0 unspecified atom stereocenters. The Labute approximate surface area is 101 Å². The van der Waals surface area contributed by atoms with Crippen LogP contribution in [0.5, 0.6) is 0 Å². The predicted molar refractivity (Wildman–Crippen MR) is 64.4 cm³/mol. The molecule has 0 aliphatic rings. The Balaban J connectivity index is 2.48. The van der Waals surface area contributed by atoms with Crippen LogP contribution in [0.4, 0.5) is 0 Å². The normalized spacial score (nSPS) is 10.4. The van der Waals surface area contributed by atoms with Gasteiger partial charge in [0.25, 0.3) is 0 Å². The molecule has 0 fully saturated rings. The van der Waals surface area contributed by atoms with Crippen LogP contribution < -0.4 is 5.69 Å². The third kappa shape index (κ3) is 2.25. The number of halogens is 1. The Morgan fingerprint density at radius 3 is 2.56 bits per heavy atom. The maximum atomic E-state index is 11.6. The van der Waals surface area contributed by atoms with Crippen molar-refractivity contribution in [3.05, 3.63) is 46.0 Å². The Hall–Kier alpha value is -1.33. The van der Waals surface area contributed by atoms with Crippen molar-refractivity contribution in [2.45, 2.75) is 5.03 Å². The Kier molecular flexibility index (Phi) is 3.26. The van der Waals surface area contributed by atoms with E-state index >= 15 is 0 Å². The molecule has 2 rings (SSSR count). The monoisotopic (exact) mass is 253 g/mol. The van der Waals surface area contributed by atoms with Crippen LogP contribution in [0.15, 0.2) is 40.3 Å². The Morgan fingerprint density at radius 1 is 1.31 bits per heavy atom. The van der Waals surface area contributed by atoms with Crippen LogP contribution in [0.3, 0.4) is 0 Å². The van der Waals surface area contributed by atoms with Crippen molar-refractivity contribution in [1.82, 2.24) is 14.8 Å². The molecule has 0 saturated heterocycles. The van der Waals surface area contributed by atoms with Gasteiger partial charge in [0, 0.05) is 5.02 Å². The largest absolute Gasteiger partial charge is 0.369 e. The van der Waals surface area contributed by atoms with Gasteiger partial charge in [-0.2, -0.15) is 14.8 Å². The van der Waals surface area contributed by atoms with Crippen molar-refractivity contribution in [1.29, 1.82) is 0 Å². The zero-order valence-electron chi connectivity index (χ0n) is 8.42. The average molecular weight is 254 g/mol. The molecule has 0 atom stereocenters. The first kappa shape index (κ1) is 11.2.